The van der Waals surface area contributed by atoms with Crippen LogP contribution in [0.4, 0.5) is 0 Å². The fourth-order valence-electron chi connectivity index (χ4n) is 3.22. The van der Waals surface area contributed by atoms with E-state index in [0.717, 1.165) is 36.5 Å². The van der Waals surface area contributed by atoms with Gasteiger partial charge in [0.15, 0.2) is 11.5 Å². The molecule has 24 heavy (non-hydrogen) atoms. The zero-order valence-electron chi connectivity index (χ0n) is 14.3. The Hall–Kier alpha value is -2.24. The molecule has 0 spiro atoms. The van der Waals surface area contributed by atoms with Crippen LogP contribution in [0.2, 0.25) is 0 Å². The Morgan fingerprint density at radius 2 is 1.96 bits per heavy atom. The predicted octanol–water partition coefficient (Wildman–Crippen LogP) is 3.11. The highest BCUT2D eigenvalue weighted by Gasteiger charge is 2.27. The molecule has 0 saturated heterocycles. The van der Waals surface area contributed by atoms with Crippen molar-refractivity contribution in [3.05, 3.63) is 53.1 Å². The fourth-order valence-corrected chi connectivity index (χ4v) is 3.22. The van der Waals surface area contributed by atoms with Crippen LogP contribution < -0.4 is 9.47 Å². The maximum atomic E-state index is 10.0. The van der Waals surface area contributed by atoms with Gasteiger partial charge in [-0.2, -0.15) is 0 Å². The lowest BCUT2D eigenvalue weighted by molar-refractivity contribution is 0.0448. The van der Waals surface area contributed by atoms with E-state index in [1.807, 2.05) is 18.2 Å². The summed E-state index contributed by atoms with van der Waals surface area (Å²) in [5, 5.41) is 10.0. The van der Waals surface area contributed by atoms with Crippen LogP contribution in [0.15, 0.2) is 36.4 Å². The molecule has 2 aromatic carbocycles. The third-order valence-electron chi connectivity index (χ3n) is 4.43. The van der Waals surface area contributed by atoms with Gasteiger partial charge in [0.2, 0.25) is 0 Å². The van der Waals surface area contributed by atoms with Crippen molar-refractivity contribution in [2.75, 3.05) is 27.9 Å². The van der Waals surface area contributed by atoms with Crippen LogP contribution in [-0.2, 0) is 17.8 Å². The first-order valence-electron chi connectivity index (χ1n) is 7.92. The first-order chi connectivity index (χ1) is 11.6. The molecule has 0 bridgehead atoms. The lowest BCUT2D eigenvalue weighted by atomic mass is 9.96. The summed E-state index contributed by atoms with van der Waals surface area (Å²) in [6.45, 7) is 2.36. The molecular formula is C19H23NO4. The molecule has 1 unspecified atom stereocenters. The minimum Gasteiger partial charge on any atom is -0.504 e. The van der Waals surface area contributed by atoms with E-state index in [1.54, 1.807) is 27.4 Å². The topological polar surface area (TPSA) is 51.2 Å². The van der Waals surface area contributed by atoms with Crippen molar-refractivity contribution in [2.45, 2.75) is 19.2 Å². The molecule has 2 aromatic rings. The number of rotatable bonds is 5. The van der Waals surface area contributed by atoms with Crippen LogP contribution in [0.25, 0.3) is 0 Å². The van der Waals surface area contributed by atoms with E-state index in [2.05, 4.69) is 17.0 Å². The van der Waals surface area contributed by atoms with E-state index in [0.29, 0.717) is 5.75 Å². The van der Waals surface area contributed by atoms with Gasteiger partial charge in [0.1, 0.15) is 5.75 Å². The number of nitrogens with zero attached hydrogens (tertiary/aromatic N) is 1. The van der Waals surface area contributed by atoms with Crippen LogP contribution in [0.3, 0.4) is 0 Å². The van der Waals surface area contributed by atoms with E-state index in [1.165, 1.54) is 5.56 Å². The third-order valence-corrected chi connectivity index (χ3v) is 4.43. The van der Waals surface area contributed by atoms with Gasteiger partial charge in [-0.05, 0) is 41.0 Å². The van der Waals surface area contributed by atoms with E-state index in [-0.39, 0.29) is 11.9 Å². The number of phenols is 1. The van der Waals surface area contributed by atoms with E-state index in [9.17, 15) is 5.11 Å². The van der Waals surface area contributed by atoms with E-state index >= 15 is 0 Å². The molecule has 1 heterocycles. The van der Waals surface area contributed by atoms with Gasteiger partial charge in [0, 0.05) is 26.7 Å². The summed E-state index contributed by atoms with van der Waals surface area (Å²) < 4.78 is 16.2. The van der Waals surface area contributed by atoms with Gasteiger partial charge in [0.25, 0.3) is 0 Å². The summed E-state index contributed by atoms with van der Waals surface area (Å²) in [4.78, 5) is 2.32. The summed E-state index contributed by atoms with van der Waals surface area (Å²) >= 11 is 0. The monoisotopic (exact) mass is 329 g/mol. The Morgan fingerprint density at radius 1 is 1.12 bits per heavy atom. The van der Waals surface area contributed by atoms with Gasteiger partial charge in [-0.3, -0.25) is 4.90 Å². The van der Waals surface area contributed by atoms with Crippen LogP contribution in [-0.4, -0.2) is 37.9 Å². The molecule has 3 rings (SSSR count). The van der Waals surface area contributed by atoms with Crippen LogP contribution >= 0.6 is 0 Å². The third kappa shape index (κ3) is 3.32. The van der Waals surface area contributed by atoms with E-state index < -0.39 is 0 Å². The van der Waals surface area contributed by atoms with Gasteiger partial charge >= 0.3 is 0 Å². The minimum atomic E-state index is -0.0730. The van der Waals surface area contributed by atoms with Crippen molar-refractivity contribution < 1.29 is 19.3 Å². The van der Waals surface area contributed by atoms with Gasteiger partial charge in [-0.1, -0.05) is 12.1 Å². The normalized spacial score (nSPS) is 17.4. The number of hydrogen-bond donors (Lipinski definition) is 1. The second-order valence-corrected chi connectivity index (χ2v) is 5.97. The van der Waals surface area contributed by atoms with Crippen molar-refractivity contribution in [3.8, 4) is 17.2 Å². The molecular weight excluding hydrogens is 306 g/mol. The second-order valence-electron chi connectivity index (χ2n) is 5.97. The number of ether oxygens (including phenoxy) is 3. The second kappa shape index (κ2) is 7.11. The zero-order chi connectivity index (χ0) is 17.1. The summed E-state index contributed by atoms with van der Waals surface area (Å²) in [5.41, 5.74) is 3.33. The van der Waals surface area contributed by atoms with Crippen LogP contribution in [0, 0.1) is 0 Å². The lowest BCUT2D eigenvalue weighted by Crippen LogP contribution is -2.34. The molecule has 5 nitrogen and oxygen atoms in total. The Bertz CT molecular complexity index is 717. The maximum absolute atomic E-state index is 10.0. The molecule has 5 heteroatoms. The number of hydrogen-bond acceptors (Lipinski definition) is 5. The number of fused-ring (bicyclic) bond motifs is 1. The van der Waals surface area contributed by atoms with E-state index in [4.69, 9.17) is 14.2 Å². The average molecular weight is 329 g/mol. The molecule has 0 radical (unpaired) electrons. The summed E-state index contributed by atoms with van der Waals surface area (Å²) in [6.07, 6.45) is -0.0730. The largest absolute Gasteiger partial charge is 0.504 e. The molecule has 1 aliphatic heterocycles. The highest BCUT2D eigenvalue weighted by Crippen LogP contribution is 2.37. The van der Waals surface area contributed by atoms with Crippen molar-refractivity contribution >= 4 is 0 Å². The molecule has 0 fully saturated rings. The van der Waals surface area contributed by atoms with Gasteiger partial charge in [0.05, 0.1) is 20.3 Å². The first kappa shape index (κ1) is 16.6. The van der Waals surface area contributed by atoms with Gasteiger partial charge in [-0.25, -0.2) is 0 Å². The molecule has 0 saturated carbocycles. The Labute approximate surface area is 142 Å². The zero-order valence-corrected chi connectivity index (χ0v) is 14.3. The summed E-state index contributed by atoms with van der Waals surface area (Å²) in [6, 6.07) is 11.7. The summed E-state index contributed by atoms with van der Waals surface area (Å²) in [7, 11) is 4.94. The molecule has 0 aliphatic carbocycles. The maximum Gasteiger partial charge on any atom is 0.160 e. The quantitative estimate of drug-likeness (QED) is 0.913. The minimum absolute atomic E-state index is 0.0730. The molecule has 1 atom stereocenters. The Kier molecular flexibility index (Phi) is 4.92. The van der Waals surface area contributed by atoms with Crippen LogP contribution in [0.1, 0.15) is 22.8 Å². The van der Waals surface area contributed by atoms with Gasteiger partial charge in [-0.15, -0.1) is 0 Å². The molecule has 0 aromatic heterocycles. The molecule has 128 valence electrons. The average Bonchev–Trinajstić information content (AvgIpc) is 2.61. The number of aromatic hydroxyl groups is 1. The van der Waals surface area contributed by atoms with Crippen molar-refractivity contribution in [2.24, 2.45) is 0 Å². The highest BCUT2D eigenvalue weighted by atomic mass is 16.5. The first-order valence-corrected chi connectivity index (χ1v) is 7.92. The number of methoxy groups -OCH3 is 3. The standard InChI is InChI=1S/C19H23NO4/c1-22-15-6-4-5-13(7-15)10-20-11-14-8-18(23-2)17(21)9-16(14)19(12-20)24-3/h4-9,19,21H,10-12H2,1-3H3. The fraction of sp³-hybridized carbons (Fsp3) is 0.368. The SMILES string of the molecule is COc1cccc(CN2Cc3cc(OC)c(O)cc3C(OC)C2)c1. The van der Waals surface area contributed by atoms with Crippen LogP contribution in [0.5, 0.6) is 17.2 Å². The summed E-state index contributed by atoms with van der Waals surface area (Å²) in [5.74, 6) is 1.51. The predicted molar refractivity (Wildman–Crippen MR) is 91.5 cm³/mol. The Morgan fingerprint density at radius 3 is 2.67 bits per heavy atom. The molecule has 1 N–H and O–H groups in total. The number of phenolic OH excluding ortho intramolecular Hbond substituents is 1. The lowest BCUT2D eigenvalue weighted by Gasteiger charge is -2.34. The van der Waals surface area contributed by atoms with Crippen molar-refractivity contribution in [3.63, 3.8) is 0 Å². The molecule has 0 amide bonds. The highest BCUT2D eigenvalue weighted by molar-refractivity contribution is 5.48. The van der Waals surface area contributed by atoms with Crippen molar-refractivity contribution in [1.82, 2.24) is 4.90 Å². The smallest absolute Gasteiger partial charge is 0.160 e. The molecule has 1 aliphatic rings. The van der Waals surface area contributed by atoms with Gasteiger partial charge < -0.3 is 19.3 Å². The number of benzene rings is 2. The van der Waals surface area contributed by atoms with Crippen molar-refractivity contribution in [1.29, 1.82) is 0 Å². The Balaban J connectivity index is 1.85.